The van der Waals surface area contributed by atoms with Crippen molar-refractivity contribution in [3.05, 3.63) is 51.8 Å². The van der Waals surface area contributed by atoms with Gasteiger partial charge in [-0.3, -0.25) is 19.4 Å². The molecule has 2 aliphatic heterocycles. The second kappa shape index (κ2) is 8.44. The molecule has 1 fully saturated rings. The van der Waals surface area contributed by atoms with Gasteiger partial charge in [-0.1, -0.05) is 30.3 Å². The normalized spacial score (nSPS) is 18.7. The molecule has 1 aromatic heterocycles. The first kappa shape index (κ1) is 19.1. The number of ether oxygens (including phenoxy) is 1. The van der Waals surface area contributed by atoms with Crippen molar-refractivity contribution in [2.45, 2.75) is 18.8 Å². The fourth-order valence-corrected chi connectivity index (χ4v) is 3.61. The molecule has 3 N–H and O–H groups in total. The minimum atomic E-state index is -0.857. The van der Waals surface area contributed by atoms with Crippen molar-refractivity contribution >= 4 is 23.6 Å². The van der Waals surface area contributed by atoms with Crippen LogP contribution in [0.1, 0.15) is 23.5 Å². The van der Waals surface area contributed by atoms with Gasteiger partial charge >= 0.3 is 0 Å². The highest BCUT2D eigenvalue weighted by Crippen LogP contribution is 2.29. The van der Waals surface area contributed by atoms with Crippen LogP contribution in [-0.4, -0.2) is 54.6 Å². The molecule has 1 atom stereocenters. The van der Waals surface area contributed by atoms with E-state index in [-0.39, 0.29) is 29.6 Å². The lowest BCUT2D eigenvalue weighted by Gasteiger charge is -2.29. The summed E-state index contributed by atoms with van der Waals surface area (Å²) in [6.45, 7) is 2.70. The van der Waals surface area contributed by atoms with Gasteiger partial charge in [0.2, 0.25) is 17.8 Å². The maximum atomic E-state index is 12.8. The number of hydrogen-bond acceptors (Lipinski definition) is 6. The van der Waals surface area contributed by atoms with Crippen molar-refractivity contribution in [2.75, 3.05) is 43.1 Å². The number of amides is 2. The lowest BCUT2D eigenvalue weighted by atomic mass is 9.92. The smallest absolute Gasteiger partial charge is 0.258 e. The molecule has 3 heterocycles. The molecule has 0 spiro atoms. The molecule has 0 bridgehead atoms. The van der Waals surface area contributed by atoms with E-state index in [1.807, 2.05) is 35.2 Å². The molecule has 2 amide bonds. The summed E-state index contributed by atoms with van der Waals surface area (Å²) in [5.41, 5.74) is 0.905. The van der Waals surface area contributed by atoms with Crippen LogP contribution in [0.4, 0.5) is 11.8 Å². The number of carbonyl (C=O) groups excluding carboxylic acids is 2. The molecule has 0 aliphatic carbocycles. The van der Waals surface area contributed by atoms with Gasteiger partial charge in [-0.25, -0.2) is 0 Å². The molecule has 1 unspecified atom stereocenters. The summed E-state index contributed by atoms with van der Waals surface area (Å²) in [6.07, 6.45) is 0.592. The van der Waals surface area contributed by atoms with Crippen molar-refractivity contribution in [3.8, 4) is 0 Å². The summed E-state index contributed by atoms with van der Waals surface area (Å²) in [7, 11) is 0. The van der Waals surface area contributed by atoms with Gasteiger partial charge in [0.15, 0.2) is 0 Å². The van der Waals surface area contributed by atoms with E-state index >= 15 is 0 Å². The molecule has 9 nitrogen and oxygen atoms in total. The number of aromatic nitrogens is 2. The molecular formula is C20H23N5O4. The first-order chi connectivity index (χ1) is 14.1. The van der Waals surface area contributed by atoms with Gasteiger partial charge in [0.05, 0.1) is 24.7 Å². The average molecular weight is 397 g/mol. The van der Waals surface area contributed by atoms with E-state index in [1.54, 1.807) is 0 Å². The number of H-pyrrole nitrogens is 1. The third-order valence-corrected chi connectivity index (χ3v) is 5.12. The van der Waals surface area contributed by atoms with Crippen LogP contribution in [0.5, 0.6) is 0 Å². The van der Waals surface area contributed by atoms with Crippen LogP contribution in [0.25, 0.3) is 0 Å². The molecular weight excluding hydrogens is 374 g/mol. The van der Waals surface area contributed by atoms with E-state index in [4.69, 9.17) is 4.74 Å². The summed E-state index contributed by atoms with van der Waals surface area (Å²) in [5, 5.41) is 5.48. The highest BCUT2D eigenvalue weighted by molar-refractivity contribution is 6.00. The van der Waals surface area contributed by atoms with Crippen molar-refractivity contribution in [1.82, 2.24) is 15.3 Å². The monoisotopic (exact) mass is 397 g/mol. The van der Waals surface area contributed by atoms with E-state index in [9.17, 15) is 14.4 Å². The number of benzene rings is 1. The van der Waals surface area contributed by atoms with Crippen LogP contribution in [-0.2, 0) is 20.7 Å². The third-order valence-electron chi connectivity index (χ3n) is 5.12. The number of nitrogens with zero attached hydrogens (tertiary/aromatic N) is 2. The number of nitrogens with one attached hydrogen (secondary N) is 3. The van der Waals surface area contributed by atoms with Crippen molar-refractivity contribution in [3.63, 3.8) is 0 Å². The Kier molecular flexibility index (Phi) is 5.57. The Balaban J connectivity index is 1.51. The quantitative estimate of drug-likeness (QED) is 0.672. The summed E-state index contributed by atoms with van der Waals surface area (Å²) < 4.78 is 5.31. The van der Waals surface area contributed by atoms with E-state index < -0.39 is 11.5 Å². The zero-order valence-electron chi connectivity index (χ0n) is 15.9. The molecule has 1 aromatic carbocycles. The van der Waals surface area contributed by atoms with E-state index in [2.05, 4.69) is 20.6 Å². The first-order valence-corrected chi connectivity index (χ1v) is 9.70. The predicted molar refractivity (Wildman–Crippen MR) is 107 cm³/mol. The van der Waals surface area contributed by atoms with Crippen molar-refractivity contribution in [2.24, 2.45) is 0 Å². The minimum Gasteiger partial charge on any atom is -0.378 e. The number of aromatic amines is 1. The highest BCUT2D eigenvalue weighted by atomic mass is 16.5. The fourth-order valence-electron chi connectivity index (χ4n) is 3.61. The maximum Gasteiger partial charge on any atom is 0.258 e. The van der Waals surface area contributed by atoms with Gasteiger partial charge in [-0.2, -0.15) is 4.98 Å². The van der Waals surface area contributed by atoms with Crippen LogP contribution in [0.2, 0.25) is 0 Å². The third kappa shape index (κ3) is 4.29. The van der Waals surface area contributed by atoms with Crippen molar-refractivity contribution in [1.29, 1.82) is 0 Å². The Morgan fingerprint density at radius 2 is 1.97 bits per heavy atom. The summed E-state index contributed by atoms with van der Waals surface area (Å²) in [6, 6.07) is 9.78. The minimum absolute atomic E-state index is 0.0775. The Hall–Kier alpha value is -3.20. The van der Waals surface area contributed by atoms with Gasteiger partial charge < -0.3 is 20.3 Å². The van der Waals surface area contributed by atoms with Gasteiger partial charge in [0.25, 0.3) is 5.56 Å². The van der Waals surface area contributed by atoms with E-state index in [0.717, 1.165) is 5.56 Å². The number of fused-ring (bicyclic) bond motifs is 1. The van der Waals surface area contributed by atoms with Crippen LogP contribution in [0.15, 0.2) is 35.1 Å². The van der Waals surface area contributed by atoms with Crippen molar-refractivity contribution < 1.29 is 14.3 Å². The predicted octanol–water partition coefficient (Wildman–Crippen LogP) is 0.391. The number of hydrogen-bond donors (Lipinski definition) is 3. The molecule has 9 heteroatoms. The number of morpholine rings is 1. The molecule has 29 heavy (non-hydrogen) atoms. The maximum absolute atomic E-state index is 12.8. The molecule has 0 saturated carbocycles. The lowest BCUT2D eigenvalue weighted by Crippen LogP contribution is -2.42. The largest absolute Gasteiger partial charge is 0.378 e. The Bertz CT molecular complexity index is 953. The Labute approximate surface area is 167 Å². The highest BCUT2D eigenvalue weighted by Gasteiger charge is 2.35. The lowest BCUT2D eigenvalue weighted by molar-refractivity contribution is -0.126. The van der Waals surface area contributed by atoms with Crippen LogP contribution >= 0.6 is 0 Å². The Morgan fingerprint density at radius 3 is 2.72 bits per heavy atom. The molecule has 4 rings (SSSR count). The number of anilines is 2. The van der Waals surface area contributed by atoms with E-state index in [1.165, 1.54) is 0 Å². The summed E-state index contributed by atoms with van der Waals surface area (Å²) >= 11 is 0. The first-order valence-electron chi connectivity index (χ1n) is 9.70. The van der Waals surface area contributed by atoms with Crippen LogP contribution in [0, 0.1) is 0 Å². The second-order valence-electron chi connectivity index (χ2n) is 7.08. The van der Waals surface area contributed by atoms with Gasteiger partial charge in [-0.15, -0.1) is 0 Å². The molecule has 2 aliphatic rings. The zero-order valence-corrected chi connectivity index (χ0v) is 15.9. The van der Waals surface area contributed by atoms with Crippen LogP contribution in [0.3, 0.4) is 0 Å². The Morgan fingerprint density at radius 1 is 1.21 bits per heavy atom. The molecule has 0 radical (unpaired) electrons. The summed E-state index contributed by atoms with van der Waals surface area (Å²) in [5.74, 6) is -0.989. The summed E-state index contributed by atoms with van der Waals surface area (Å²) in [4.78, 5) is 46.7. The van der Waals surface area contributed by atoms with Crippen LogP contribution < -0.4 is 21.1 Å². The fraction of sp³-hybridized carbons (Fsp3) is 0.400. The zero-order chi connectivity index (χ0) is 20.2. The van der Waals surface area contributed by atoms with Gasteiger partial charge in [0.1, 0.15) is 5.82 Å². The topological polar surface area (TPSA) is 116 Å². The average Bonchev–Trinajstić information content (AvgIpc) is 2.74. The van der Waals surface area contributed by atoms with E-state index in [0.29, 0.717) is 45.2 Å². The molecule has 2 aromatic rings. The molecule has 1 saturated heterocycles. The number of carbonyl (C=O) groups is 2. The number of rotatable bonds is 5. The van der Waals surface area contributed by atoms with Gasteiger partial charge in [-0.05, 0) is 12.0 Å². The van der Waals surface area contributed by atoms with Gasteiger partial charge in [0, 0.05) is 26.1 Å². The standard InChI is InChI=1S/C20H23N5O4/c26-15-12-14(18(27)21-7-6-13-4-2-1-3-5-13)16-17(22-15)23-20(24-19(16)28)25-8-10-29-11-9-25/h1-5,14H,6-12H2,(H,21,27)(H2,22,23,24,26,28). The SMILES string of the molecule is O=C1CC(C(=O)NCCc2ccccc2)c2c(nc(N3CCOCC3)[nH]c2=O)N1. The second-order valence-corrected chi connectivity index (χ2v) is 7.08. The molecule has 152 valence electrons.